The van der Waals surface area contributed by atoms with Gasteiger partial charge in [0.05, 0.1) is 6.10 Å². The van der Waals surface area contributed by atoms with Gasteiger partial charge in [0.1, 0.15) is 0 Å². The second kappa shape index (κ2) is 4.61. The van der Waals surface area contributed by atoms with Crippen molar-refractivity contribution in [3.63, 3.8) is 0 Å². The molecular weight excluding hydrogens is 172 g/mol. The van der Waals surface area contributed by atoms with Gasteiger partial charge >= 0.3 is 0 Å². The van der Waals surface area contributed by atoms with Crippen LogP contribution in [-0.4, -0.2) is 11.2 Å². The van der Waals surface area contributed by atoms with Crippen LogP contribution >= 0.6 is 0 Å². The molecule has 0 spiro atoms. The summed E-state index contributed by atoms with van der Waals surface area (Å²) in [5, 5.41) is 9.60. The maximum atomic E-state index is 9.60. The molecule has 0 aliphatic heterocycles. The van der Waals surface area contributed by atoms with Crippen LogP contribution in [0.5, 0.6) is 0 Å². The van der Waals surface area contributed by atoms with Gasteiger partial charge in [-0.25, -0.2) is 0 Å². The predicted molar refractivity (Wildman–Crippen MR) is 60.7 cm³/mol. The van der Waals surface area contributed by atoms with Crippen molar-refractivity contribution in [3.05, 3.63) is 34.4 Å². The summed E-state index contributed by atoms with van der Waals surface area (Å²) in [4.78, 5) is 0. The van der Waals surface area contributed by atoms with Crippen molar-refractivity contribution in [2.45, 2.75) is 46.6 Å². The van der Waals surface area contributed by atoms with E-state index in [-0.39, 0.29) is 6.10 Å². The number of hydrogen-bond donors (Lipinski definition) is 1. The normalized spacial score (nSPS) is 12.9. The molecule has 0 aromatic heterocycles. The first kappa shape index (κ1) is 11.3. The molecule has 0 heterocycles. The smallest absolute Gasteiger partial charge is 0.0578 e. The summed E-state index contributed by atoms with van der Waals surface area (Å²) >= 11 is 0. The molecule has 0 saturated heterocycles. The van der Waals surface area contributed by atoms with Gasteiger partial charge in [-0.15, -0.1) is 0 Å². The molecule has 1 N–H and O–H groups in total. The highest BCUT2D eigenvalue weighted by Gasteiger charge is 2.06. The van der Waals surface area contributed by atoms with E-state index in [0.29, 0.717) is 0 Å². The number of aryl methyl sites for hydroxylation is 3. The number of rotatable bonds is 3. The van der Waals surface area contributed by atoms with Gasteiger partial charge in [-0.3, -0.25) is 0 Å². The van der Waals surface area contributed by atoms with Crippen molar-refractivity contribution in [3.8, 4) is 0 Å². The van der Waals surface area contributed by atoms with Gasteiger partial charge in [0.15, 0.2) is 0 Å². The highest BCUT2D eigenvalue weighted by atomic mass is 16.3. The SMILES string of the molecule is CC[C@H](O)Cc1cc(C)c(C)cc1C. The molecule has 14 heavy (non-hydrogen) atoms. The van der Waals surface area contributed by atoms with Gasteiger partial charge in [0, 0.05) is 0 Å². The lowest BCUT2D eigenvalue weighted by atomic mass is 9.96. The first-order valence-electron chi connectivity index (χ1n) is 5.29. The fraction of sp³-hybridized carbons (Fsp3) is 0.538. The minimum Gasteiger partial charge on any atom is -0.393 e. The predicted octanol–water partition coefficient (Wildman–Crippen LogP) is 2.93. The van der Waals surface area contributed by atoms with Crippen LogP contribution in [0.15, 0.2) is 12.1 Å². The maximum absolute atomic E-state index is 9.60. The first-order valence-corrected chi connectivity index (χ1v) is 5.29. The average molecular weight is 192 g/mol. The Kier molecular flexibility index (Phi) is 3.70. The molecule has 0 radical (unpaired) electrons. The van der Waals surface area contributed by atoms with Crippen molar-refractivity contribution in [2.24, 2.45) is 0 Å². The molecule has 78 valence electrons. The average Bonchev–Trinajstić information content (AvgIpc) is 2.14. The number of benzene rings is 1. The van der Waals surface area contributed by atoms with Crippen molar-refractivity contribution >= 4 is 0 Å². The Balaban J connectivity index is 2.92. The Morgan fingerprint density at radius 1 is 1.07 bits per heavy atom. The number of hydrogen-bond acceptors (Lipinski definition) is 1. The Labute approximate surface area is 86.8 Å². The van der Waals surface area contributed by atoms with Gasteiger partial charge in [0.25, 0.3) is 0 Å². The molecule has 1 nitrogen and oxygen atoms in total. The molecule has 0 aliphatic rings. The molecule has 0 aliphatic carbocycles. The van der Waals surface area contributed by atoms with Crippen LogP contribution in [0.4, 0.5) is 0 Å². The van der Waals surface area contributed by atoms with Gasteiger partial charge < -0.3 is 5.11 Å². The van der Waals surface area contributed by atoms with Gasteiger partial charge in [-0.05, 0) is 55.9 Å². The van der Waals surface area contributed by atoms with Crippen LogP contribution in [0.3, 0.4) is 0 Å². The summed E-state index contributed by atoms with van der Waals surface area (Å²) in [7, 11) is 0. The third kappa shape index (κ3) is 2.58. The second-order valence-corrected chi connectivity index (χ2v) is 4.13. The third-order valence-corrected chi connectivity index (χ3v) is 2.88. The van der Waals surface area contributed by atoms with Crippen LogP contribution in [-0.2, 0) is 6.42 Å². The van der Waals surface area contributed by atoms with E-state index >= 15 is 0 Å². The van der Waals surface area contributed by atoms with Crippen LogP contribution in [0.25, 0.3) is 0 Å². The Bertz CT molecular complexity index is 315. The molecule has 1 heteroatoms. The van der Waals surface area contributed by atoms with Crippen LogP contribution in [0.1, 0.15) is 35.6 Å². The van der Waals surface area contributed by atoms with Crippen molar-refractivity contribution in [1.29, 1.82) is 0 Å². The van der Waals surface area contributed by atoms with E-state index < -0.39 is 0 Å². The van der Waals surface area contributed by atoms with Crippen molar-refractivity contribution < 1.29 is 5.11 Å². The topological polar surface area (TPSA) is 20.2 Å². The van der Waals surface area contributed by atoms with Gasteiger partial charge in [-0.1, -0.05) is 19.1 Å². The molecule has 1 aromatic rings. The van der Waals surface area contributed by atoms with Gasteiger partial charge in [0.2, 0.25) is 0 Å². The first-order chi connectivity index (χ1) is 6.54. The van der Waals surface area contributed by atoms with Gasteiger partial charge in [-0.2, -0.15) is 0 Å². The Morgan fingerprint density at radius 2 is 1.64 bits per heavy atom. The number of aliphatic hydroxyl groups is 1. The highest BCUT2D eigenvalue weighted by molar-refractivity contribution is 5.36. The Hall–Kier alpha value is -0.820. The standard InChI is InChI=1S/C13H20O/c1-5-13(14)8-12-7-10(3)9(2)6-11(12)4/h6-7,13-14H,5,8H2,1-4H3/t13-/m0/s1. The summed E-state index contributed by atoms with van der Waals surface area (Å²) in [6.07, 6.45) is 1.41. The van der Waals surface area contributed by atoms with Crippen LogP contribution < -0.4 is 0 Å². The minimum absolute atomic E-state index is 0.198. The molecule has 0 fully saturated rings. The quantitative estimate of drug-likeness (QED) is 0.780. The molecule has 0 amide bonds. The largest absolute Gasteiger partial charge is 0.393 e. The summed E-state index contributed by atoms with van der Waals surface area (Å²) in [5.41, 5.74) is 5.22. The van der Waals surface area contributed by atoms with E-state index in [1.54, 1.807) is 0 Å². The summed E-state index contributed by atoms with van der Waals surface area (Å²) < 4.78 is 0. The fourth-order valence-corrected chi connectivity index (χ4v) is 1.64. The molecule has 1 aromatic carbocycles. The van der Waals surface area contributed by atoms with Crippen molar-refractivity contribution in [1.82, 2.24) is 0 Å². The second-order valence-electron chi connectivity index (χ2n) is 4.13. The molecule has 1 rings (SSSR count). The molecule has 0 saturated carbocycles. The lowest BCUT2D eigenvalue weighted by molar-refractivity contribution is 0.170. The molecule has 0 bridgehead atoms. The van der Waals surface area contributed by atoms with E-state index in [0.717, 1.165) is 12.8 Å². The number of aliphatic hydroxyl groups excluding tert-OH is 1. The lowest BCUT2D eigenvalue weighted by Crippen LogP contribution is -2.09. The fourth-order valence-electron chi connectivity index (χ4n) is 1.64. The molecular formula is C13H20O. The lowest BCUT2D eigenvalue weighted by Gasteiger charge is -2.12. The maximum Gasteiger partial charge on any atom is 0.0578 e. The van der Waals surface area contributed by atoms with Crippen LogP contribution in [0.2, 0.25) is 0 Å². The summed E-state index contributed by atoms with van der Waals surface area (Å²) in [5.74, 6) is 0. The summed E-state index contributed by atoms with van der Waals surface area (Å²) in [6.45, 7) is 8.38. The summed E-state index contributed by atoms with van der Waals surface area (Å²) in [6, 6.07) is 4.40. The van der Waals surface area contributed by atoms with E-state index in [9.17, 15) is 5.11 Å². The monoisotopic (exact) mass is 192 g/mol. The minimum atomic E-state index is -0.198. The van der Waals surface area contributed by atoms with E-state index in [1.807, 2.05) is 6.92 Å². The molecule has 1 atom stereocenters. The van der Waals surface area contributed by atoms with Crippen molar-refractivity contribution in [2.75, 3.05) is 0 Å². The zero-order valence-corrected chi connectivity index (χ0v) is 9.59. The zero-order valence-electron chi connectivity index (χ0n) is 9.59. The molecule has 0 unspecified atom stereocenters. The van der Waals surface area contributed by atoms with E-state index in [4.69, 9.17) is 0 Å². The highest BCUT2D eigenvalue weighted by Crippen LogP contribution is 2.17. The van der Waals surface area contributed by atoms with E-state index in [2.05, 4.69) is 32.9 Å². The zero-order chi connectivity index (χ0) is 10.7. The van der Waals surface area contributed by atoms with E-state index in [1.165, 1.54) is 22.3 Å². The third-order valence-electron chi connectivity index (χ3n) is 2.88. The van der Waals surface area contributed by atoms with Crippen LogP contribution in [0, 0.1) is 20.8 Å². The Morgan fingerprint density at radius 3 is 2.21 bits per heavy atom.